The van der Waals surface area contributed by atoms with Crippen molar-refractivity contribution in [2.75, 3.05) is 19.2 Å². The normalized spacial score (nSPS) is 24.2. The van der Waals surface area contributed by atoms with Crippen LogP contribution in [-0.2, 0) is 11.2 Å². The van der Waals surface area contributed by atoms with Crippen molar-refractivity contribution < 1.29 is 22.7 Å². The van der Waals surface area contributed by atoms with Crippen LogP contribution in [0.15, 0.2) is 42.5 Å². The largest absolute Gasteiger partial charge is 0.492 e. The van der Waals surface area contributed by atoms with Crippen LogP contribution in [0.3, 0.4) is 0 Å². The third-order valence-corrected chi connectivity index (χ3v) is 6.24. The van der Waals surface area contributed by atoms with E-state index in [1.165, 1.54) is 6.07 Å². The van der Waals surface area contributed by atoms with Gasteiger partial charge in [0.1, 0.15) is 23.7 Å². The van der Waals surface area contributed by atoms with Crippen molar-refractivity contribution in [3.8, 4) is 16.9 Å². The Balaban J connectivity index is 1.77. The number of rotatable bonds is 3. The molecule has 2 aliphatic heterocycles. The minimum atomic E-state index is -1.26. The van der Waals surface area contributed by atoms with Gasteiger partial charge in [0.05, 0.1) is 25.1 Å². The zero-order valence-corrected chi connectivity index (χ0v) is 17.1. The van der Waals surface area contributed by atoms with E-state index < -0.39 is 30.1 Å². The molecule has 4 nitrogen and oxygen atoms in total. The molecule has 2 aromatic carbocycles. The van der Waals surface area contributed by atoms with Crippen LogP contribution >= 0.6 is 11.9 Å². The molecule has 2 aliphatic rings. The van der Waals surface area contributed by atoms with Gasteiger partial charge in [-0.15, -0.1) is 0 Å². The fourth-order valence-corrected chi connectivity index (χ4v) is 4.78. The molecule has 2 aromatic rings. The van der Waals surface area contributed by atoms with E-state index >= 15 is 0 Å². The van der Waals surface area contributed by atoms with E-state index in [4.69, 9.17) is 4.74 Å². The highest BCUT2D eigenvalue weighted by atomic mass is 32.2. The predicted octanol–water partition coefficient (Wildman–Crippen LogP) is 4.29. The number of ether oxygens (including phenoxy) is 1. The summed E-state index contributed by atoms with van der Waals surface area (Å²) in [6.45, 7) is 0.421. The number of para-hydroxylation sites is 1. The molecular weight excluding hydrogens is 413 g/mol. The minimum absolute atomic E-state index is 0.126. The van der Waals surface area contributed by atoms with Crippen molar-refractivity contribution in [3.63, 3.8) is 0 Å². The van der Waals surface area contributed by atoms with Gasteiger partial charge in [-0.3, -0.25) is 9.52 Å². The first-order valence-corrected chi connectivity index (χ1v) is 10.9. The summed E-state index contributed by atoms with van der Waals surface area (Å²) in [5.74, 6) is 0.0272. The summed E-state index contributed by atoms with van der Waals surface area (Å²) in [7, 11) is 0. The lowest BCUT2D eigenvalue weighted by atomic mass is 9.88. The van der Waals surface area contributed by atoms with Gasteiger partial charge < -0.3 is 9.64 Å². The third kappa shape index (κ3) is 4.30. The summed E-state index contributed by atoms with van der Waals surface area (Å²) in [4.78, 5) is 14.5. The number of piperidine rings is 1. The Hall–Kier alpha value is -2.19. The summed E-state index contributed by atoms with van der Waals surface area (Å²) < 4.78 is 50.9. The molecule has 0 radical (unpaired) electrons. The summed E-state index contributed by atoms with van der Waals surface area (Å²) >= 11 is 0.760. The van der Waals surface area contributed by atoms with Crippen LogP contribution < -0.4 is 9.46 Å². The van der Waals surface area contributed by atoms with Gasteiger partial charge in [-0.05, 0) is 54.1 Å². The van der Waals surface area contributed by atoms with Gasteiger partial charge >= 0.3 is 0 Å². The second kappa shape index (κ2) is 9.31. The monoisotopic (exact) mass is 436 g/mol. The number of carbonyl (C=O) groups excluding carboxylic acids is 1. The Labute approximate surface area is 177 Å². The SMILES string of the molecule is O=C1CCOc2ccccc2-c2ccc(F)c(c2)CC2C(NSCF)C(F)CCN12. The fraction of sp³-hybridized carbons (Fsp3) is 0.409. The molecule has 3 unspecified atom stereocenters. The van der Waals surface area contributed by atoms with Gasteiger partial charge in [0.15, 0.2) is 0 Å². The Bertz CT molecular complexity index is 914. The minimum Gasteiger partial charge on any atom is -0.492 e. The lowest BCUT2D eigenvalue weighted by molar-refractivity contribution is -0.137. The molecule has 0 aromatic heterocycles. The van der Waals surface area contributed by atoms with E-state index in [0.717, 1.165) is 23.1 Å². The lowest BCUT2D eigenvalue weighted by Gasteiger charge is -2.43. The summed E-state index contributed by atoms with van der Waals surface area (Å²) in [5.41, 5.74) is 1.98. The van der Waals surface area contributed by atoms with Crippen molar-refractivity contribution in [1.82, 2.24) is 9.62 Å². The topological polar surface area (TPSA) is 41.6 Å². The van der Waals surface area contributed by atoms with E-state index in [-0.39, 0.29) is 38.3 Å². The van der Waals surface area contributed by atoms with E-state index in [2.05, 4.69) is 4.72 Å². The average Bonchev–Trinajstić information content (AvgIpc) is 2.74. The van der Waals surface area contributed by atoms with Gasteiger partial charge in [0.2, 0.25) is 5.91 Å². The molecule has 2 bridgehead atoms. The standard InChI is InChI=1S/C22H23F3N2O2S/c23-13-30-26-22-18(25)7-9-27-19(22)12-15-11-14(5-6-17(15)24)16-3-1-2-4-20(16)29-10-8-21(27)28/h1-6,11,18-19,22,26H,7-10,12-13H2. The third-order valence-electron chi connectivity index (χ3n) is 5.69. The Kier molecular flexibility index (Phi) is 6.53. The van der Waals surface area contributed by atoms with Gasteiger partial charge in [-0.2, -0.15) is 0 Å². The highest BCUT2D eigenvalue weighted by Gasteiger charge is 2.40. The van der Waals surface area contributed by atoms with Crippen molar-refractivity contribution in [2.24, 2.45) is 0 Å². The zero-order valence-electron chi connectivity index (χ0n) is 16.3. The highest BCUT2D eigenvalue weighted by molar-refractivity contribution is 7.97. The maximum Gasteiger partial charge on any atom is 0.226 e. The molecule has 1 amide bonds. The lowest BCUT2D eigenvalue weighted by Crippen LogP contribution is -2.60. The van der Waals surface area contributed by atoms with Crippen LogP contribution in [0.5, 0.6) is 5.75 Å². The zero-order chi connectivity index (χ0) is 21.1. The molecule has 1 fully saturated rings. The van der Waals surface area contributed by atoms with Gasteiger partial charge in [0, 0.05) is 12.1 Å². The molecule has 30 heavy (non-hydrogen) atoms. The van der Waals surface area contributed by atoms with Crippen molar-refractivity contribution in [2.45, 2.75) is 37.5 Å². The maximum atomic E-state index is 14.7. The van der Waals surface area contributed by atoms with Crippen molar-refractivity contribution in [3.05, 3.63) is 53.8 Å². The molecule has 0 aliphatic carbocycles. The Morgan fingerprint density at radius 2 is 2.07 bits per heavy atom. The highest BCUT2D eigenvalue weighted by Crippen LogP contribution is 2.33. The molecule has 1 N–H and O–H groups in total. The average molecular weight is 436 g/mol. The van der Waals surface area contributed by atoms with Gasteiger partial charge in [0.25, 0.3) is 0 Å². The van der Waals surface area contributed by atoms with Crippen molar-refractivity contribution in [1.29, 1.82) is 0 Å². The molecule has 0 spiro atoms. The van der Waals surface area contributed by atoms with E-state index in [9.17, 15) is 18.0 Å². The van der Waals surface area contributed by atoms with Crippen LogP contribution in [0.4, 0.5) is 13.2 Å². The van der Waals surface area contributed by atoms with E-state index in [0.29, 0.717) is 11.3 Å². The number of nitrogens with zero attached hydrogens (tertiary/aromatic N) is 1. The first kappa shape index (κ1) is 21.1. The van der Waals surface area contributed by atoms with Crippen LogP contribution in [0.2, 0.25) is 0 Å². The molecule has 160 valence electrons. The molecule has 8 heteroatoms. The number of hydrogen-bond acceptors (Lipinski definition) is 4. The van der Waals surface area contributed by atoms with Gasteiger partial charge in [-0.25, -0.2) is 13.2 Å². The fourth-order valence-electron chi connectivity index (χ4n) is 4.22. The molecule has 1 saturated heterocycles. The van der Waals surface area contributed by atoms with E-state index in [1.54, 1.807) is 17.0 Å². The molecule has 0 saturated carbocycles. The number of carbonyl (C=O) groups is 1. The second-order valence-electron chi connectivity index (χ2n) is 7.46. The van der Waals surface area contributed by atoms with E-state index in [1.807, 2.05) is 24.3 Å². The predicted molar refractivity (Wildman–Crippen MR) is 111 cm³/mol. The molecule has 2 heterocycles. The summed E-state index contributed by atoms with van der Waals surface area (Å²) in [6, 6.07) is 10.1. The maximum absolute atomic E-state index is 14.7. The van der Waals surface area contributed by atoms with Crippen LogP contribution in [0, 0.1) is 5.82 Å². The van der Waals surface area contributed by atoms with Gasteiger partial charge in [-0.1, -0.05) is 24.3 Å². The number of amides is 1. The molecular formula is C22H23F3N2O2S. The van der Waals surface area contributed by atoms with Crippen LogP contribution in [-0.4, -0.2) is 48.2 Å². The summed E-state index contributed by atoms with van der Waals surface area (Å²) in [6.07, 6.45) is -0.839. The number of benzene rings is 2. The number of nitrogens with one attached hydrogen (secondary N) is 1. The number of halogens is 3. The number of alkyl halides is 2. The summed E-state index contributed by atoms with van der Waals surface area (Å²) in [5, 5.41) is 0. The second-order valence-corrected chi connectivity index (χ2v) is 8.20. The Morgan fingerprint density at radius 3 is 2.90 bits per heavy atom. The first-order valence-electron chi connectivity index (χ1n) is 9.96. The smallest absolute Gasteiger partial charge is 0.226 e. The van der Waals surface area contributed by atoms with Crippen LogP contribution in [0.25, 0.3) is 11.1 Å². The number of hydrogen-bond donors (Lipinski definition) is 1. The van der Waals surface area contributed by atoms with Crippen molar-refractivity contribution >= 4 is 17.9 Å². The molecule has 3 atom stereocenters. The Morgan fingerprint density at radius 1 is 1.23 bits per heavy atom. The first-order chi connectivity index (χ1) is 14.6. The molecule has 4 rings (SSSR count). The number of fused-ring (bicyclic) bond motifs is 5. The quantitative estimate of drug-likeness (QED) is 0.729. The van der Waals surface area contributed by atoms with Crippen LogP contribution in [0.1, 0.15) is 18.4 Å².